The number of fused-ring (bicyclic) bond motifs is 1. The van der Waals surface area contributed by atoms with Gasteiger partial charge in [-0.25, -0.2) is 9.78 Å². The van der Waals surface area contributed by atoms with Crippen LogP contribution in [0.5, 0.6) is 5.75 Å². The Bertz CT molecular complexity index is 1280. The minimum atomic E-state index is -0.484. The van der Waals surface area contributed by atoms with E-state index in [0.717, 1.165) is 4.57 Å². The fourth-order valence-corrected chi connectivity index (χ4v) is 3.24. The van der Waals surface area contributed by atoms with Crippen LogP contribution < -0.4 is 26.6 Å². The van der Waals surface area contributed by atoms with E-state index in [2.05, 4.69) is 15.6 Å². The molecule has 0 aliphatic heterocycles. The number of carbonyl (C=O) groups is 2. The normalized spacial score (nSPS) is 10.7. The summed E-state index contributed by atoms with van der Waals surface area (Å²) in [7, 11) is 2.91. The fraction of sp³-hybridized carbons (Fsp3) is 0.318. The van der Waals surface area contributed by atoms with Gasteiger partial charge in [0.1, 0.15) is 11.4 Å². The van der Waals surface area contributed by atoms with Crippen LogP contribution in [0.15, 0.2) is 46.1 Å². The number of rotatable bonds is 8. The minimum absolute atomic E-state index is 0.163. The van der Waals surface area contributed by atoms with Gasteiger partial charge in [0, 0.05) is 27.1 Å². The number of anilines is 1. The number of pyridine rings is 1. The van der Waals surface area contributed by atoms with Crippen LogP contribution >= 0.6 is 0 Å². The number of amides is 2. The first-order valence-electron chi connectivity index (χ1n) is 10.2. The quantitative estimate of drug-likeness (QED) is 0.508. The van der Waals surface area contributed by atoms with Gasteiger partial charge in [-0.15, -0.1) is 0 Å². The number of ether oxygens (including phenoxy) is 1. The molecule has 0 saturated carbocycles. The zero-order chi connectivity index (χ0) is 23.3. The molecule has 0 bridgehead atoms. The number of nitrogens with zero attached hydrogens (tertiary/aromatic N) is 3. The van der Waals surface area contributed by atoms with E-state index in [0.29, 0.717) is 36.6 Å². The van der Waals surface area contributed by atoms with Gasteiger partial charge in [0.15, 0.2) is 0 Å². The summed E-state index contributed by atoms with van der Waals surface area (Å²) in [5.74, 6) is -0.0379. The summed E-state index contributed by atoms with van der Waals surface area (Å²) in [5.41, 5.74) is 0.0792. The molecule has 0 atom stereocenters. The molecule has 2 N–H and O–H groups in total. The lowest BCUT2D eigenvalue weighted by Gasteiger charge is -2.11. The van der Waals surface area contributed by atoms with Crippen LogP contribution in [0.4, 0.5) is 5.69 Å². The third kappa shape index (κ3) is 4.85. The number of nitrogens with one attached hydrogen (secondary N) is 2. The summed E-state index contributed by atoms with van der Waals surface area (Å²) in [6.45, 7) is 2.61. The summed E-state index contributed by atoms with van der Waals surface area (Å²) >= 11 is 0. The second kappa shape index (κ2) is 9.90. The highest BCUT2D eigenvalue weighted by Crippen LogP contribution is 2.17. The maximum atomic E-state index is 12.4. The van der Waals surface area contributed by atoms with Crippen molar-refractivity contribution in [1.29, 1.82) is 0 Å². The van der Waals surface area contributed by atoms with Gasteiger partial charge in [-0.3, -0.25) is 23.5 Å². The van der Waals surface area contributed by atoms with Gasteiger partial charge < -0.3 is 15.4 Å². The molecular formula is C22H25N5O5. The molecule has 2 heterocycles. The van der Waals surface area contributed by atoms with E-state index in [1.807, 2.05) is 6.92 Å². The van der Waals surface area contributed by atoms with Crippen LogP contribution in [-0.4, -0.2) is 39.1 Å². The van der Waals surface area contributed by atoms with E-state index in [-0.39, 0.29) is 29.3 Å². The number of hydrogen-bond acceptors (Lipinski definition) is 6. The van der Waals surface area contributed by atoms with Gasteiger partial charge in [-0.1, -0.05) is 12.1 Å². The van der Waals surface area contributed by atoms with Gasteiger partial charge in [-0.2, -0.15) is 0 Å². The Kier molecular flexibility index (Phi) is 7.04. The van der Waals surface area contributed by atoms with Gasteiger partial charge in [-0.05, 0) is 31.5 Å². The lowest BCUT2D eigenvalue weighted by atomic mass is 10.2. The molecular weight excluding hydrogens is 414 g/mol. The molecule has 10 nitrogen and oxygen atoms in total. The van der Waals surface area contributed by atoms with Crippen molar-refractivity contribution in [3.8, 4) is 5.75 Å². The van der Waals surface area contributed by atoms with E-state index in [9.17, 15) is 19.2 Å². The largest absolute Gasteiger partial charge is 0.493 e. The second-order valence-electron chi connectivity index (χ2n) is 7.14. The van der Waals surface area contributed by atoms with E-state index in [1.165, 1.54) is 30.9 Å². The zero-order valence-corrected chi connectivity index (χ0v) is 18.2. The molecule has 0 radical (unpaired) electrons. The molecule has 0 saturated heterocycles. The van der Waals surface area contributed by atoms with Crippen molar-refractivity contribution in [2.75, 3.05) is 18.5 Å². The van der Waals surface area contributed by atoms with Gasteiger partial charge >= 0.3 is 5.69 Å². The fourth-order valence-electron chi connectivity index (χ4n) is 3.24. The number of carbonyl (C=O) groups excluding carboxylic acids is 2. The van der Waals surface area contributed by atoms with Gasteiger partial charge in [0.25, 0.3) is 11.5 Å². The Labute approximate surface area is 183 Å². The smallest absolute Gasteiger partial charge is 0.332 e. The van der Waals surface area contributed by atoms with E-state index in [1.54, 1.807) is 24.3 Å². The Morgan fingerprint density at radius 3 is 2.62 bits per heavy atom. The van der Waals surface area contributed by atoms with Gasteiger partial charge in [0.2, 0.25) is 5.91 Å². The third-order valence-corrected chi connectivity index (χ3v) is 4.87. The van der Waals surface area contributed by atoms with E-state index in [4.69, 9.17) is 4.74 Å². The van der Waals surface area contributed by atoms with Crippen molar-refractivity contribution < 1.29 is 14.3 Å². The predicted molar refractivity (Wildman–Crippen MR) is 120 cm³/mol. The monoisotopic (exact) mass is 439 g/mol. The molecule has 0 aliphatic rings. The lowest BCUT2D eigenvalue weighted by molar-refractivity contribution is -0.116. The number of aryl methyl sites for hydroxylation is 1. The number of hydrogen-bond donors (Lipinski definition) is 2. The molecule has 3 aromatic rings. The standard InChI is InChI=1S/C22H25N5O5/c1-4-32-17-9-6-5-8-15(17)20(29)23-11-7-10-18(28)25-14-12-16-19(24-13-14)26(2)22(31)27(3)21(16)30/h5-6,8-9,12-13H,4,7,10-11H2,1-3H3,(H,23,29)(H,25,28). The minimum Gasteiger partial charge on any atom is -0.493 e. The highest BCUT2D eigenvalue weighted by Gasteiger charge is 2.13. The molecule has 0 spiro atoms. The average molecular weight is 439 g/mol. The molecule has 168 valence electrons. The van der Waals surface area contributed by atoms with Crippen LogP contribution in [-0.2, 0) is 18.9 Å². The Morgan fingerprint density at radius 1 is 1.12 bits per heavy atom. The van der Waals surface area contributed by atoms with Crippen LogP contribution in [0.25, 0.3) is 11.0 Å². The van der Waals surface area contributed by atoms with Crippen LogP contribution in [0.1, 0.15) is 30.1 Å². The first kappa shape index (κ1) is 22.7. The molecule has 3 rings (SSSR count). The Balaban J connectivity index is 1.57. The van der Waals surface area contributed by atoms with E-state index < -0.39 is 11.2 Å². The van der Waals surface area contributed by atoms with Gasteiger partial charge in [0.05, 0.1) is 29.4 Å². The maximum absolute atomic E-state index is 12.4. The number of para-hydroxylation sites is 1. The molecule has 1 aromatic carbocycles. The first-order chi connectivity index (χ1) is 15.3. The molecule has 2 amide bonds. The zero-order valence-electron chi connectivity index (χ0n) is 18.2. The molecule has 2 aromatic heterocycles. The SMILES string of the molecule is CCOc1ccccc1C(=O)NCCCC(=O)Nc1cnc2c(c1)c(=O)n(C)c(=O)n2C. The van der Waals surface area contributed by atoms with Crippen molar-refractivity contribution in [2.24, 2.45) is 14.1 Å². The Hall–Kier alpha value is -3.95. The summed E-state index contributed by atoms with van der Waals surface area (Å²) in [5, 5.41) is 5.70. The van der Waals surface area contributed by atoms with Crippen LogP contribution in [0.3, 0.4) is 0 Å². The second-order valence-corrected chi connectivity index (χ2v) is 7.14. The summed E-state index contributed by atoms with van der Waals surface area (Å²) < 4.78 is 7.72. The highest BCUT2D eigenvalue weighted by molar-refractivity contribution is 5.97. The Morgan fingerprint density at radius 2 is 1.88 bits per heavy atom. The van der Waals surface area contributed by atoms with Crippen molar-refractivity contribution in [1.82, 2.24) is 19.4 Å². The van der Waals surface area contributed by atoms with Crippen LogP contribution in [0, 0.1) is 0 Å². The first-order valence-corrected chi connectivity index (χ1v) is 10.2. The molecule has 0 aliphatic carbocycles. The number of aromatic nitrogens is 3. The molecule has 32 heavy (non-hydrogen) atoms. The molecule has 10 heteroatoms. The van der Waals surface area contributed by atoms with Crippen molar-refractivity contribution in [3.05, 3.63) is 62.9 Å². The lowest BCUT2D eigenvalue weighted by Crippen LogP contribution is -2.37. The summed E-state index contributed by atoms with van der Waals surface area (Å²) in [6.07, 6.45) is 1.98. The molecule has 0 unspecified atom stereocenters. The maximum Gasteiger partial charge on any atom is 0.332 e. The summed E-state index contributed by atoms with van der Waals surface area (Å²) in [4.78, 5) is 53.1. The van der Waals surface area contributed by atoms with Crippen molar-refractivity contribution >= 4 is 28.5 Å². The summed E-state index contributed by atoms with van der Waals surface area (Å²) in [6, 6.07) is 8.46. The van der Waals surface area contributed by atoms with Crippen molar-refractivity contribution in [3.63, 3.8) is 0 Å². The predicted octanol–water partition coefficient (Wildman–Crippen LogP) is 1.18. The van der Waals surface area contributed by atoms with E-state index >= 15 is 0 Å². The van der Waals surface area contributed by atoms with Crippen molar-refractivity contribution in [2.45, 2.75) is 19.8 Å². The van der Waals surface area contributed by atoms with Crippen LogP contribution in [0.2, 0.25) is 0 Å². The number of benzene rings is 1. The average Bonchev–Trinajstić information content (AvgIpc) is 2.79. The topological polar surface area (TPSA) is 124 Å². The highest BCUT2D eigenvalue weighted by atomic mass is 16.5. The third-order valence-electron chi connectivity index (χ3n) is 4.87. The molecule has 0 fully saturated rings.